The van der Waals surface area contributed by atoms with Crippen LogP contribution in [0.2, 0.25) is 0 Å². The zero-order chi connectivity index (χ0) is 14.4. The maximum atomic E-state index is 13.0. The Bertz CT molecular complexity index is 677. The van der Waals surface area contributed by atoms with Gasteiger partial charge in [-0.1, -0.05) is 6.07 Å². The van der Waals surface area contributed by atoms with E-state index in [-0.39, 0.29) is 5.91 Å². The topological polar surface area (TPSA) is 39.3 Å². The van der Waals surface area contributed by atoms with Crippen LogP contribution in [-0.2, 0) is 0 Å². The summed E-state index contributed by atoms with van der Waals surface area (Å²) in [5.74, 6) is 0.180. The SMILES string of the molecule is CC1CN2CCCC2CN1C(=O)c1cccc2[nH]ccc12. The lowest BCUT2D eigenvalue weighted by molar-refractivity contribution is 0.0397. The van der Waals surface area contributed by atoms with Gasteiger partial charge in [0.2, 0.25) is 0 Å². The third kappa shape index (κ3) is 2.05. The van der Waals surface area contributed by atoms with Gasteiger partial charge < -0.3 is 9.88 Å². The molecule has 0 spiro atoms. The van der Waals surface area contributed by atoms with E-state index in [0.717, 1.165) is 29.6 Å². The number of benzene rings is 1. The van der Waals surface area contributed by atoms with Crippen molar-refractivity contribution in [1.82, 2.24) is 14.8 Å². The van der Waals surface area contributed by atoms with Gasteiger partial charge in [0.15, 0.2) is 0 Å². The van der Waals surface area contributed by atoms with Gasteiger partial charge in [-0.25, -0.2) is 0 Å². The number of amides is 1. The van der Waals surface area contributed by atoms with Crippen molar-refractivity contribution in [3.8, 4) is 0 Å². The summed E-state index contributed by atoms with van der Waals surface area (Å²) in [7, 11) is 0. The molecule has 110 valence electrons. The number of aromatic amines is 1. The van der Waals surface area contributed by atoms with Crippen molar-refractivity contribution in [3.05, 3.63) is 36.0 Å². The maximum absolute atomic E-state index is 13.0. The molecule has 0 saturated carbocycles. The second kappa shape index (κ2) is 4.88. The van der Waals surface area contributed by atoms with E-state index >= 15 is 0 Å². The second-order valence-corrected chi connectivity index (χ2v) is 6.34. The van der Waals surface area contributed by atoms with Crippen molar-refractivity contribution in [2.45, 2.75) is 31.8 Å². The monoisotopic (exact) mass is 283 g/mol. The average Bonchev–Trinajstić information content (AvgIpc) is 3.13. The van der Waals surface area contributed by atoms with Crippen LogP contribution >= 0.6 is 0 Å². The number of nitrogens with zero attached hydrogens (tertiary/aromatic N) is 2. The van der Waals surface area contributed by atoms with Crippen molar-refractivity contribution in [2.75, 3.05) is 19.6 Å². The fraction of sp³-hybridized carbons (Fsp3) is 0.471. The lowest BCUT2D eigenvalue weighted by Gasteiger charge is -2.42. The van der Waals surface area contributed by atoms with E-state index in [0.29, 0.717) is 12.1 Å². The molecule has 2 aliphatic rings. The van der Waals surface area contributed by atoms with Gasteiger partial charge in [-0.15, -0.1) is 0 Å². The first-order chi connectivity index (χ1) is 10.2. The molecule has 4 heteroatoms. The molecule has 1 aromatic carbocycles. The van der Waals surface area contributed by atoms with Gasteiger partial charge in [0.1, 0.15) is 0 Å². The van der Waals surface area contributed by atoms with Gasteiger partial charge in [-0.3, -0.25) is 9.69 Å². The van der Waals surface area contributed by atoms with Gasteiger partial charge in [0.25, 0.3) is 5.91 Å². The fourth-order valence-electron chi connectivity index (χ4n) is 3.90. The first kappa shape index (κ1) is 12.9. The molecule has 3 heterocycles. The van der Waals surface area contributed by atoms with Crippen LogP contribution in [0.1, 0.15) is 30.1 Å². The van der Waals surface area contributed by atoms with Crippen molar-refractivity contribution in [3.63, 3.8) is 0 Å². The van der Waals surface area contributed by atoms with Crippen LogP contribution in [-0.4, -0.2) is 52.4 Å². The van der Waals surface area contributed by atoms with Crippen molar-refractivity contribution in [2.24, 2.45) is 0 Å². The molecule has 2 fully saturated rings. The highest BCUT2D eigenvalue weighted by Gasteiger charge is 2.36. The van der Waals surface area contributed by atoms with Gasteiger partial charge in [0, 0.05) is 47.8 Å². The maximum Gasteiger partial charge on any atom is 0.254 e. The molecule has 0 radical (unpaired) electrons. The van der Waals surface area contributed by atoms with Crippen LogP contribution in [0.4, 0.5) is 0 Å². The standard InChI is InChI=1S/C17H21N3O/c1-12-10-19-9-3-4-13(19)11-20(12)17(21)15-5-2-6-16-14(15)7-8-18-16/h2,5-8,12-13,18H,3-4,9-11H2,1H3. The molecule has 0 bridgehead atoms. The quantitative estimate of drug-likeness (QED) is 0.873. The number of piperazine rings is 1. The number of nitrogens with one attached hydrogen (secondary N) is 1. The Morgan fingerprint density at radius 1 is 1.29 bits per heavy atom. The smallest absolute Gasteiger partial charge is 0.254 e. The summed E-state index contributed by atoms with van der Waals surface area (Å²) in [5, 5.41) is 1.03. The molecule has 4 rings (SSSR count). The largest absolute Gasteiger partial charge is 0.361 e. The molecule has 21 heavy (non-hydrogen) atoms. The number of aromatic nitrogens is 1. The predicted octanol–water partition coefficient (Wildman–Crippen LogP) is 2.48. The Hall–Kier alpha value is -1.81. The number of H-pyrrole nitrogens is 1. The third-order valence-corrected chi connectivity index (χ3v) is 5.02. The van der Waals surface area contributed by atoms with E-state index in [1.165, 1.54) is 19.4 Å². The zero-order valence-corrected chi connectivity index (χ0v) is 12.4. The Morgan fingerprint density at radius 3 is 3.10 bits per heavy atom. The van der Waals surface area contributed by atoms with Crippen LogP contribution in [0.15, 0.2) is 30.5 Å². The summed E-state index contributed by atoms with van der Waals surface area (Å²) in [5.41, 5.74) is 1.86. The van der Waals surface area contributed by atoms with Gasteiger partial charge in [-0.05, 0) is 44.5 Å². The molecule has 4 nitrogen and oxygen atoms in total. The van der Waals surface area contributed by atoms with E-state index in [9.17, 15) is 4.79 Å². The molecule has 2 atom stereocenters. The lowest BCUT2D eigenvalue weighted by Crippen LogP contribution is -2.56. The molecule has 1 N–H and O–H groups in total. The van der Waals surface area contributed by atoms with E-state index < -0.39 is 0 Å². The second-order valence-electron chi connectivity index (χ2n) is 6.34. The number of carbonyl (C=O) groups excluding carboxylic acids is 1. The third-order valence-electron chi connectivity index (χ3n) is 5.02. The summed E-state index contributed by atoms with van der Waals surface area (Å²) in [6.45, 7) is 5.26. The summed E-state index contributed by atoms with van der Waals surface area (Å²) in [6.07, 6.45) is 4.40. The zero-order valence-electron chi connectivity index (χ0n) is 12.4. The van der Waals surface area contributed by atoms with Crippen LogP contribution in [0, 0.1) is 0 Å². The Morgan fingerprint density at radius 2 is 2.19 bits per heavy atom. The average molecular weight is 283 g/mol. The van der Waals surface area contributed by atoms with Crippen LogP contribution < -0.4 is 0 Å². The summed E-state index contributed by atoms with van der Waals surface area (Å²) >= 11 is 0. The van der Waals surface area contributed by atoms with Crippen molar-refractivity contribution < 1.29 is 4.79 Å². The molecule has 2 unspecified atom stereocenters. The van der Waals surface area contributed by atoms with Gasteiger partial charge in [-0.2, -0.15) is 0 Å². The van der Waals surface area contributed by atoms with E-state index in [4.69, 9.17) is 0 Å². The number of rotatable bonds is 1. The molecule has 2 aromatic rings. The first-order valence-electron chi connectivity index (χ1n) is 7.85. The van der Waals surface area contributed by atoms with E-state index in [1.807, 2.05) is 30.5 Å². The minimum Gasteiger partial charge on any atom is -0.361 e. The predicted molar refractivity (Wildman–Crippen MR) is 83.4 cm³/mol. The Kier molecular flexibility index (Phi) is 3.00. The number of hydrogen-bond acceptors (Lipinski definition) is 2. The van der Waals surface area contributed by atoms with Gasteiger partial charge >= 0.3 is 0 Å². The Balaban J connectivity index is 1.66. The van der Waals surface area contributed by atoms with Crippen molar-refractivity contribution >= 4 is 16.8 Å². The normalized spacial score (nSPS) is 26.2. The van der Waals surface area contributed by atoms with E-state index in [2.05, 4.69) is 21.7 Å². The molecule has 0 aliphatic carbocycles. The molecule has 1 aromatic heterocycles. The highest BCUT2D eigenvalue weighted by atomic mass is 16.2. The van der Waals surface area contributed by atoms with Crippen LogP contribution in [0.3, 0.4) is 0 Å². The van der Waals surface area contributed by atoms with Crippen LogP contribution in [0.5, 0.6) is 0 Å². The van der Waals surface area contributed by atoms with Crippen LogP contribution in [0.25, 0.3) is 10.9 Å². The fourth-order valence-corrected chi connectivity index (χ4v) is 3.90. The summed E-state index contributed by atoms with van der Waals surface area (Å²) in [6, 6.07) is 8.79. The first-order valence-corrected chi connectivity index (χ1v) is 7.85. The summed E-state index contributed by atoms with van der Waals surface area (Å²) in [4.78, 5) is 20.8. The number of carbonyl (C=O) groups is 1. The molecule has 1 amide bonds. The molecule has 2 aliphatic heterocycles. The lowest BCUT2D eigenvalue weighted by atomic mass is 10.0. The Labute approximate surface area is 124 Å². The minimum atomic E-state index is 0.180. The summed E-state index contributed by atoms with van der Waals surface area (Å²) < 4.78 is 0. The highest BCUT2D eigenvalue weighted by Crippen LogP contribution is 2.27. The number of fused-ring (bicyclic) bond motifs is 2. The molecular weight excluding hydrogens is 262 g/mol. The highest BCUT2D eigenvalue weighted by molar-refractivity contribution is 6.06. The molecular formula is C17H21N3O. The number of hydrogen-bond donors (Lipinski definition) is 1. The van der Waals surface area contributed by atoms with Crippen molar-refractivity contribution in [1.29, 1.82) is 0 Å². The van der Waals surface area contributed by atoms with E-state index in [1.54, 1.807) is 0 Å². The van der Waals surface area contributed by atoms with Gasteiger partial charge in [0.05, 0.1) is 0 Å². The molecule has 2 saturated heterocycles. The minimum absolute atomic E-state index is 0.180.